The molecule has 4 heterocycles. The number of benzene rings is 1. The highest BCUT2D eigenvalue weighted by Gasteiger charge is 2.23. The molecule has 0 saturated heterocycles. The molecule has 154 valence electrons. The number of imidazole rings is 1. The second-order valence-corrected chi connectivity index (χ2v) is 7.07. The van der Waals surface area contributed by atoms with Crippen LogP contribution in [0, 0.1) is 0 Å². The number of anilines is 1. The summed E-state index contributed by atoms with van der Waals surface area (Å²) in [6.45, 7) is 1.19. The van der Waals surface area contributed by atoms with Crippen molar-refractivity contribution in [2.75, 3.05) is 25.9 Å². The van der Waals surface area contributed by atoms with Gasteiger partial charge in [-0.15, -0.1) is 0 Å². The number of hydrogen-bond acceptors (Lipinski definition) is 4. The first kappa shape index (κ1) is 19.5. The van der Waals surface area contributed by atoms with E-state index in [0.717, 1.165) is 45.6 Å². The molecule has 4 aromatic rings. The maximum Gasteiger partial charge on any atom is 0.317 e. The van der Waals surface area contributed by atoms with Gasteiger partial charge in [-0.3, -0.25) is 4.40 Å². The van der Waals surface area contributed by atoms with Gasteiger partial charge in [-0.25, -0.2) is 14.8 Å². The van der Waals surface area contributed by atoms with Gasteiger partial charge in [0, 0.05) is 43.4 Å². The number of carbonyl (C=O) groups is 1. The van der Waals surface area contributed by atoms with E-state index in [0.29, 0.717) is 18.9 Å². The van der Waals surface area contributed by atoms with Crippen LogP contribution in [0.3, 0.4) is 0 Å². The van der Waals surface area contributed by atoms with Gasteiger partial charge in [0.15, 0.2) is 0 Å². The minimum Gasteiger partial charge on any atom is -0.382 e. The lowest BCUT2D eigenvalue weighted by molar-refractivity contribution is 0.205. The number of H-pyrrole nitrogens is 1. The third kappa shape index (κ3) is 3.06. The molecule has 8 heteroatoms. The van der Waals surface area contributed by atoms with Gasteiger partial charge in [0.2, 0.25) is 0 Å². The Bertz CT molecular complexity index is 1230. The minimum atomic E-state index is -0.0690. The molecule has 4 N–H and O–H groups in total. The SMILES string of the molecule is C.CNC(=O)N1CC=C(c2nc(-c3cc4ccccc4[nH]3)c3c(N)nccn23)CC1. The van der Waals surface area contributed by atoms with E-state index in [9.17, 15) is 4.79 Å². The van der Waals surface area contributed by atoms with Gasteiger partial charge in [-0.1, -0.05) is 31.7 Å². The number of nitrogen functional groups attached to an aromatic ring is 1. The molecule has 5 rings (SSSR count). The van der Waals surface area contributed by atoms with Crippen LogP contribution in [0.5, 0.6) is 0 Å². The number of nitrogens with zero attached hydrogens (tertiary/aromatic N) is 4. The van der Waals surface area contributed by atoms with Crippen molar-refractivity contribution < 1.29 is 4.79 Å². The fourth-order valence-electron chi connectivity index (χ4n) is 3.89. The molecule has 1 aromatic carbocycles. The van der Waals surface area contributed by atoms with Gasteiger partial charge >= 0.3 is 6.03 Å². The number of aromatic amines is 1. The average molecular weight is 403 g/mol. The molecule has 0 bridgehead atoms. The first-order valence-electron chi connectivity index (χ1n) is 9.52. The fraction of sp³-hybridized carbons (Fsp3) is 0.227. The summed E-state index contributed by atoms with van der Waals surface area (Å²) in [4.78, 5) is 26.3. The van der Waals surface area contributed by atoms with Gasteiger partial charge in [0.25, 0.3) is 0 Å². The Labute approximate surface area is 174 Å². The zero-order chi connectivity index (χ0) is 20.0. The van der Waals surface area contributed by atoms with Crippen LogP contribution >= 0.6 is 0 Å². The fourth-order valence-corrected chi connectivity index (χ4v) is 3.89. The van der Waals surface area contributed by atoms with E-state index in [4.69, 9.17) is 10.7 Å². The van der Waals surface area contributed by atoms with E-state index in [1.54, 1.807) is 18.1 Å². The molecule has 8 nitrogen and oxygen atoms in total. The molecule has 0 atom stereocenters. The average Bonchev–Trinajstić information content (AvgIpc) is 3.35. The minimum absolute atomic E-state index is 0. The number of urea groups is 1. The predicted molar refractivity (Wildman–Crippen MR) is 120 cm³/mol. The zero-order valence-electron chi connectivity index (χ0n) is 16.0. The Morgan fingerprint density at radius 2 is 2.13 bits per heavy atom. The van der Waals surface area contributed by atoms with E-state index >= 15 is 0 Å². The molecule has 1 aliphatic heterocycles. The van der Waals surface area contributed by atoms with Crippen LogP contribution in [0.1, 0.15) is 19.7 Å². The molecule has 2 amide bonds. The molecule has 0 aliphatic carbocycles. The van der Waals surface area contributed by atoms with E-state index in [2.05, 4.69) is 33.5 Å². The summed E-state index contributed by atoms with van der Waals surface area (Å²) in [5.74, 6) is 1.27. The molecule has 3 aromatic heterocycles. The second-order valence-electron chi connectivity index (χ2n) is 7.07. The van der Waals surface area contributed by atoms with Crippen molar-refractivity contribution in [2.24, 2.45) is 0 Å². The topological polar surface area (TPSA) is 104 Å². The Hall–Kier alpha value is -3.81. The van der Waals surface area contributed by atoms with Gasteiger partial charge in [-0.05, 0) is 24.1 Å². The van der Waals surface area contributed by atoms with Crippen LogP contribution in [0.2, 0.25) is 0 Å². The van der Waals surface area contributed by atoms with Crippen molar-refractivity contribution in [3.8, 4) is 11.4 Å². The summed E-state index contributed by atoms with van der Waals surface area (Å²) >= 11 is 0. The molecule has 0 unspecified atom stereocenters. The molecular formula is C22H25N7O. The number of amides is 2. The number of para-hydroxylation sites is 1. The second kappa shape index (κ2) is 7.55. The van der Waals surface area contributed by atoms with E-state index in [1.165, 1.54) is 0 Å². The van der Waals surface area contributed by atoms with Gasteiger partial charge in [0.1, 0.15) is 22.9 Å². The molecular weight excluding hydrogens is 378 g/mol. The molecule has 1 aliphatic rings. The van der Waals surface area contributed by atoms with Gasteiger partial charge in [-0.2, -0.15) is 0 Å². The summed E-state index contributed by atoms with van der Waals surface area (Å²) in [6, 6.07) is 10.1. The first-order valence-corrected chi connectivity index (χ1v) is 9.52. The standard InChI is InChI=1S/C21H21N7O.CH4/c1-23-21(29)27-9-6-13(7-10-27)20-26-17(18-19(22)24-8-11-28(18)20)16-12-14-4-2-3-5-15(14)25-16;/h2-6,8,11-12,25H,7,9-10H2,1H3,(H2,22,24)(H,23,29);1H4. The summed E-state index contributed by atoms with van der Waals surface area (Å²) in [7, 11) is 1.64. The zero-order valence-corrected chi connectivity index (χ0v) is 16.0. The lowest BCUT2D eigenvalue weighted by atomic mass is 10.1. The van der Waals surface area contributed by atoms with Gasteiger partial charge < -0.3 is 20.9 Å². The van der Waals surface area contributed by atoms with Crippen LogP contribution in [0.15, 0.2) is 48.8 Å². The summed E-state index contributed by atoms with van der Waals surface area (Å²) in [5.41, 5.74) is 10.8. The molecule has 0 saturated carbocycles. The first-order chi connectivity index (χ1) is 14.2. The Balaban J connectivity index is 0.00000218. The maximum atomic E-state index is 11.9. The van der Waals surface area contributed by atoms with Crippen molar-refractivity contribution >= 4 is 33.8 Å². The lowest BCUT2D eigenvalue weighted by Crippen LogP contribution is -2.40. The number of hydrogen-bond donors (Lipinski definition) is 3. The highest BCUT2D eigenvalue weighted by atomic mass is 16.2. The normalized spacial score (nSPS) is 13.9. The predicted octanol–water partition coefficient (Wildman–Crippen LogP) is 3.52. The highest BCUT2D eigenvalue weighted by Crippen LogP contribution is 2.33. The van der Waals surface area contributed by atoms with Crippen molar-refractivity contribution in [2.45, 2.75) is 13.8 Å². The summed E-state index contributed by atoms with van der Waals surface area (Å²) in [5, 5.41) is 3.79. The Kier molecular flexibility index (Phi) is 4.91. The highest BCUT2D eigenvalue weighted by molar-refractivity contribution is 5.92. The number of nitrogens with two attached hydrogens (primary N) is 1. The van der Waals surface area contributed by atoms with Crippen LogP contribution in [0.25, 0.3) is 33.4 Å². The Morgan fingerprint density at radius 1 is 1.30 bits per heavy atom. The smallest absolute Gasteiger partial charge is 0.317 e. The molecule has 0 spiro atoms. The largest absolute Gasteiger partial charge is 0.382 e. The van der Waals surface area contributed by atoms with Crippen molar-refractivity contribution in [3.05, 3.63) is 54.6 Å². The van der Waals surface area contributed by atoms with E-state index in [1.807, 2.05) is 28.8 Å². The van der Waals surface area contributed by atoms with E-state index < -0.39 is 0 Å². The monoisotopic (exact) mass is 403 g/mol. The number of fused-ring (bicyclic) bond motifs is 2. The van der Waals surface area contributed by atoms with Crippen LogP contribution in [-0.2, 0) is 0 Å². The number of aromatic nitrogens is 4. The summed E-state index contributed by atoms with van der Waals surface area (Å²) in [6.07, 6.45) is 6.34. The number of nitrogens with one attached hydrogen (secondary N) is 2. The van der Waals surface area contributed by atoms with Crippen LogP contribution < -0.4 is 11.1 Å². The summed E-state index contributed by atoms with van der Waals surface area (Å²) < 4.78 is 1.99. The third-order valence-electron chi connectivity index (χ3n) is 5.37. The Morgan fingerprint density at radius 3 is 2.87 bits per heavy atom. The quantitative estimate of drug-likeness (QED) is 0.476. The van der Waals surface area contributed by atoms with Crippen molar-refractivity contribution in [3.63, 3.8) is 0 Å². The number of carbonyl (C=O) groups excluding carboxylic acids is 1. The van der Waals surface area contributed by atoms with Crippen molar-refractivity contribution in [1.82, 2.24) is 29.6 Å². The van der Waals surface area contributed by atoms with Crippen LogP contribution in [-0.4, -0.2) is 50.4 Å². The molecule has 30 heavy (non-hydrogen) atoms. The van der Waals surface area contributed by atoms with E-state index in [-0.39, 0.29) is 13.5 Å². The lowest BCUT2D eigenvalue weighted by Gasteiger charge is -2.25. The molecule has 0 radical (unpaired) electrons. The molecule has 0 fully saturated rings. The maximum absolute atomic E-state index is 11.9. The number of rotatable bonds is 2. The van der Waals surface area contributed by atoms with Gasteiger partial charge in [0.05, 0.1) is 5.69 Å². The van der Waals surface area contributed by atoms with Crippen molar-refractivity contribution in [1.29, 1.82) is 0 Å². The third-order valence-corrected chi connectivity index (χ3v) is 5.37. The van der Waals surface area contributed by atoms with Crippen LogP contribution in [0.4, 0.5) is 10.6 Å².